The number of rotatable bonds is 6. The SMILES string of the molecule is CC(C)(CCCSc1ncccc1Br)C(N)=NO. The van der Waals surface area contributed by atoms with E-state index >= 15 is 0 Å². The van der Waals surface area contributed by atoms with Gasteiger partial charge in [0, 0.05) is 16.1 Å². The summed E-state index contributed by atoms with van der Waals surface area (Å²) in [6.45, 7) is 3.95. The Kier molecular flexibility index (Phi) is 5.95. The topological polar surface area (TPSA) is 71.5 Å². The van der Waals surface area contributed by atoms with Crippen LogP contribution in [0.2, 0.25) is 0 Å². The van der Waals surface area contributed by atoms with Gasteiger partial charge in [-0.1, -0.05) is 19.0 Å². The first-order valence-corrected chi connectivity index (χ1v) is 7.46. The molecule has 100 valence electrons. The van der Waals surface area contributed by atoms with Gasteiger partial charge in [-0.2, -0.15) is 0 Å². The van der Waals surface area contributed by atoms with E-state index in [0.717, 1.165) is 28.1 Å². The highest BCUT2D eigenvalue weighted by atomic mass is 79.9. The summed E-state index contributed by atoms with van der Waals surface area (Å²) in [4.78, 5) is 4.29. The van der Waals surface area contributed by atoms with Crippen molar-refractivity contribution < 1.29 is 5.21 Å². The Morgan fingerprint density at radius 3 is 2.94 bits per heavy atom. The van der Waals surface area contributed by atoms with Crippen molar-refractivity contribution in [2.45, 2.75) is 31.7 Å². The third-order valence-corrected chi connectivity index (χ3v) is 4.70. The lowest BCUT2D eigenvalue weighted by Crippen LogP contribution is -2.31. The first-order valence-electron chi connectivity index (χ1n) is 5.68. The van der Waals surface area contributed by atoms with Crippen LogP contribution in [-0.2, 0) is 0 Å². The molecule has 0 bridgehead atoms. The second kappa shape index (κ2) is 6.99. The summed E-state index contributed by atoms with van der Waals surface area (Å²) in [5.74, 6) is 1.24. The van der Waals surface area contributed by atoms with E-state index in [1.165, 1.54) is 0 Å². The molecule has 0 saturated heterocycles. The Hall–Kier alpha value is -0.750. The number of hydrogen-bond acceptors (Lipinski definition) is 4. The van der Waals surface area contributed by atoms with Crippen LogP contribution >= 0.6 is 27.7 Å². The number of thioether (sulfide) groups is 1. The van der Waals surface area contributed by atoms with Gasteiger partial charge in [-0.25, -0.2) is 4.98 Å². The maximum absolute atomic E-state index is 8.68. The summed E-state index contributed by atoms with van der Waals surface area (Å²) in [7, 11) is 0. The molecule has 18 heavy (non-hydrogen) atoms. The largest absolute Gasteiger partial charge is 0.409 e. The van der Waals surface area contributed by atoms with Crippen LogP contribution in [0, 0.1) is 5.41 Å². The highest BCUT2D eigenvalue weighted by molar-refractivity contribution is 9.10. The van der Waals surface area contributed by atoms with Gasteiger partial charge in [0.2, 0.25) is 0 Å². The number of nitrogens with zero attached hydrogens (tertiary/aromatic N) is 2. The van der Waals surface area contributed by atoms with Gasteiger partial charge in [-0.3, -0.25) is 0 Å². The Morgan fingerprint density at radius 2 is 2.33 bits per heavy atom. The molecule has 0 aromatic carbocycles. The zero-order valence-corrected chi connectivity index (χ0v) is 13.0. The van der Waals surface area contributed by atoms with Crippen molar-refractivity contribution in [3.05, 3.63) is 22.8 Å². The zero-order valence-electron chi connectivity index (χ0n) is 10.6. The normalized spacial score (nSPS) is 12.7. The van der Waals surface area contributed by atoms with Crippen LogP contribution in [0.3, 0.4) is 0 Å². The second-order valence-electron chi connectivity index (χ2n) is 4.61. The van der Waals surface area contributed by atoms with Gasteiger partial charge >= 0.3 is 0 Å². The van der Waals surface area contributed by atoms with Crippen molar-refractivity contribution in [2.24, 2.45) is 16.3 Å². The van der Waals surface area contributed by atoms with Crippen molar-refractivity contribution in [3.8, 4) is 0 Å². The second-order valence-corrected chi connectivity index (χ2v) is 6.55. The molecule has 0 aliphatic heterocycles. The molecular formula is C12H18BrN3OS. The van der Waals surface area contributed by atoms with Crippen molar-refractivity contribution in [1.29, 1.82) is 0 Å². The monoisotopic (exact) mass is 331 g/mol. The fourth-order valence-corrected chi connectivity index (χ4v) is 2.85. The van der Waals surface area contributed by atoms with E-state index in [0.29, 0.717) is 0 Å². The first kappa shape index (κ1) is 15.3. The standard InChI is InChI=1S/C12H18BrN3OS/c1-12(2,11(14)16-17)6-4-8-18-10-9(13)5-3-7-15-10/h3,5,7,17H,4,6,8H2,1-2H3,(H2,14,16). The zero-order chi connectivity index (χ0) is 13.6. The molecule has 0 amide bonds. The van der Waals surface area contributed by atoms with Gasteiger partial charge in [0.1, 0.15) is 10.9 Å². The quantitative estimate of drug-likeness (QED) is 0.209. The molecule has 1 rings (SSSR count). The molecule has 4 nitrogen and oxygen atoms in total. The Balaban J connectivity index is 2.38. The number of aromatic nitrogens is 1. The summed E-state index contributed by atoms with van der Waals surface area (Å²) >= 11 is 5.17. The maximum Gasteiger partial charge on any atom is 0.144 e. The fraction of sp³-hybridized carbons (Fsp3) is 0.500. The molecule has 0 radical (unpaired) electrons. The van der Waals surface area contributed by atoms with Gasteiger partial charge in [-0.15, -0.1) is 11.8 Å². The van der Waals surface area contributed by atoms with Gasteiger partial charge < -0.3 is 10.9 Å². The van der Waals surface area contributed by atoms with E-state index in [2.05, 4.69) is 26.1 Å². The van der Waals surface area contributed by atoms with Gasteiger partial charge in [0.15, 0.2) is 0 Å². The predicted octanol–water partition coefficient (Wildman–Crippen LogP) is 3.49. The highest BCUT2D eigenvalue weighted by Gasteiger charge is 2.22. The van der Waals surface area contributed by atoms with Crippen molar-refractivity contribution in [3.63, 3.8) is 0 Å². The molecule has 0 saturated carbocycles. The molecule has 0 unspecified atom stereocenters. The van der Waals surface area contributed by atoms with Gasteiger partial charge in [0.25, 0.3) is 0 Å². The van der Waals surface area contributed by atoms with E-state index in [4.69, 9.17) is 10.9 Å². The number of nitrogens with two attached hydrogens (primary N) is 1. The third kappa shape index (κ3) is 4.49. The van der Waals surface area contributed by atoms with E-state index in [1.54, 1.807) is 18.0 Å². The van der Waals surface area contributed by atoms with E-state index in [9.17, 15) is 0 Å². The predicted molar refractivity (Wildman–Crippen MR) is 79.1 cm³/mol. The summed E-state index contributed by atoms with van der Waals surface area (Å²) in [5, 5.41) is 12.8. The minimum Gasteiger partial charge on any atom is -0.409 e. The average Bonchev–Trinajstić information content (AvgIpc) is 2.35. The molecule has 1 heterocycles. The molecule has 0 spiro atoms. The summed E-state index contributed by atoms with van der Waals surface area (Å²) < 4.78 is 1.02. The van der Waals surface area contributed by atoms with Gasteiger partial charge in [0.05, 0.1) is 0 Å². The number of amidine groups is 1. The van der Waals surface area contributed by atoms with Gasteiger partial charge in [-0.05, 0) is 46.7 Å². The lowest BCUT2D eigenvalue weighted by molar-refractivity contribution is 0.305. The lowest BCUT2D eigenvalue weighted by atomic mass is 9.87. The molecule has 0 aliphatic rings. The Morgan fingerprint density at radius 1 is 1.61 bits per heavy atom. The van der Waals surface area contributed by atoms with E-state index < -0.39 is 0 Å². The summed E-state index contributed by atoms with van der Waals surface area (Å²) in [5.41, 5.74) is 5.37. The van der Waals surface area contributed by atoms with Crippen molar-refractivity contribution in [1.82, 2.24) is 4.98 Å². The maximum atomic E-state index is 8.68. The van der Waals surface area contributed by atoms with E-state index in [-0.39, 0.29) is 11.3 Å². The van der Waals surface area contributed by atoms with Crippen LogP contribution in [-0.4, -0.2) is 21.8 Å². The van der Waals surface area contributed by atoms with Crippen LogP contribution in [0.25, 0.3) is 0 Å². The average molecular weight is 332 g/mol. The van der Waals surface area contributed by atoms with Crippen LogP contribution in [0.1, 0.15) is 26.7 Å². The number of oxime groups is 1. The lowest BCUT2D eigenvalue weighted by Gasteiger charge is -2.22. The molecule has 0 fully saturated rings. The highest BCUT2D eigenvalue weighted by Crippen LogP contribution is 2.28. The summed E-state index contributed by atoms with van der Waals surface area (Å²) in [6, 6.07) is 3.88. The van der Waals surface area contributed by atoms with Crippen LogP contribution in [0.15, 0.2) is 33.0 Å². The van der Waals surface area contributed by atoms with Crippen LogP contribution < -0.4 is 5.73 Å². The molecule has 3 N–H and O–H groups in total. The first-order chi connectivity index (χ1) is 8.47. The Labute approximate surface area is 120 Å². The minimum atomic E-state index is -0.267. The molecular weight excluding hydrogens is 314 g/mol. The Bertz CT molecular complexity index is 424. The van der Waals surface area contributed by atoms with Crippen LogP contribution in [0.5, 0.6) is 0 Å². The summed E-state index contributed by atoms with van der Waals surface area (Å²) in [6.07, 6.45) is 3.64. The number of pyridine rings is 1. The number of hydrogen-bond donors (Lipinski definition) is 2. The molecule has 1 aromatic rings. The van der Waals surface area contributed by atoms with Crippen LogP contribution in [0.4, 0.5) is 0 Å². The van der Waals surface area contributed by atoms with Crippen molar-refractivity contribution >= 4 is 33.5 Å². The van der Waals surface area contributed by atoms with E-state index in [1.807, 2.05) is 26.0 Å². The molecule has 1 aromatic heterocycles. The number of halogens is 1. The smallest absolute Gasteiger partial charge is 0.144 e. The molecule has 0 aliphatic carbocycles. The minimum absolute atomic E-state index is 0.267. The molecule has 6 heteroatoms. The third-order valence-electron chi connectivity index (χ3n) is 2.71. The molecule has 0 atom stereocenters. The van der Waals surface area contributed by atoms with Crippen molar-refractivity contribution in [2.75, 3.05) is 5.75 Å². The fourth-order valence-electron chi connectivity index (χ4n) is 1.42.